The summed E-state index contributed by atoms with van der Waals surface area (Å²) in [7, 11) is -0.865. The molecule has 104 valence electrons. The van der Waals surface area contributed by atoms with Crippen molar-refractivity contribution in [2.75, 3.05) is 24.2 Å². The summed E-state index contributed by atoms with van der Waals surface area (Å²) in [5.74, 6) is 0.542. The van der Waals surface area contributed by atoms with Crippen molar-refractivity contribution in [3.8, 4) is 0 Å². The Morgan fingerprint density at radius 3 is 2.58 bits per heavy atom. The van der Waals surface area contributed by atoms with Crippen molar-refractivity contribution in [1.82, 2.24) is 4.90 Å². The summed E-state index contributed by atoms with van der Waals surface area (Å²) in [6.45, 7) is 4.92. The number of carbonyl (C=O) groups is 1. The van der Waals surface area contributed by atoms with Gasteiger partial charge in [-0.25, -0.2) is 4.79 Å². The molecule has 6 heteroatoms. The summed E-state index contributed by atoms with van der Waals surface area (Å²) in [6.07, 6.45) is 0. The van der Waals surface area contributed by atoms with Gasteiger partial charge < -0.3 is 10.2 Å². The molecule has 0 aliphatic carbocycles. The van der Waals surface area contributed by atoms with Gasteiger partial charge in [0.1, 0.15) is 0 Å². The third-order valence-corrected chi connectivity index (χ3v) is 5.56. The van der Waals surface area contributed by atoms with Crippen LogP contribution in [0.25, 0.3) is 0 Å². The predicted octanol–water partition coefficient (Wildman–Crippen LogP) is 2.82. The van der Waals surface area contributed by atoms with Crippen molar-refractivity contribution in [3.63, 3.8) is 0 Å². The highest BCUT2D eigenvalue weighted by molar-refractivity contribution is 9.10. The number of rotatable bonds is 1. The topological polar surface area (TPSA) is 49.4 Å². The second-order valence-corrected chi connectivity index (χ2v) is 8.29. The zero-order chi connectivity index (χ0) is 14.0. The van der Waals surface area contributed by atoms with Gasteiger partial charge in [-0.2, -0.15) is 0 Å². The summed E-state index contributed by atoms with van der Waals surface area (Å²) in [5.41, 5.74) is 0.762. The molecular formula is C13H17BrN2O2S. The van der Waals surface area contributed by atoms with Crippen LogP contribution in [0.1, 0.15) is 13.8 Å². The Morgan fingerprint density at radius 2 is 2.00 bits per heavy atom. The highest BCUT2D eigenvalue weighted by Gasteiger charge is 2.35. The predicted molar refractivity (Wildman–Crippen MR) is 81.8 cm³/mol. The van der Waals surface area contributed by atoms with Crippen LogP contribution in [0.2, 0.25) is 0 Å². The lowest BCUT2D eigenvalue weighted by atomic mass is 10.2. The Hall–Kier alpha value is -0.880. The summed E-state index contributed by atoms with van der Waals surface area (Å²) in [6, 6.07) is 7.31. The van der Waals surface area contributed by atoms with E-state index in [4.69, 9.17) is 0 Å². The van der Waals surface area contributed by atoms with Crippen LogP contribution in [0.5, 0.6) is 0 Å². The summed E-state index contributed by atoms with van der Waals surface area (Å²) >= 11 is 3.35. The number of halogens is 1. The van der Waals surface area contributed by atoms with Gasteiger partial charge in [0.2, 0.25) is 0 Å². The molecule has 0 radical (unpaired) electrons. The minimum absolute atomic E-state index is 0.132. The molecule has 1 aromatic rings. The largest absolute Gasteiger partial charge is 0.322 e. The number of anilines is 1. The van der Waals surface area contributed by atoms with E-state index in [9.17, 15) is 9.00 Å². The molecule has 0 bridgehead atoms. The molecule has 1 aliphatic rings. The molecule has 19 heavy (non-hydrogen) atoms. The second kappa shape index (κ2) is 5.63. The maximum absolute atomic E-state index is 12.2. The van der Waals surface area contributed by atoms with Gasteiger partial charge in [0.25, 0.3) is 0 Å². The lowest BCUT2D eigenvalue weighted by Crippen LogP contribution is -2.53. The van der Waals surface area contributed by atoms with E-state index in [0.29, 0.717) is 18.8 Å². The third-order valence-electron chi connectivity index (χ3n) is 3.12. The van der Waals surface area contributed by atoms with Gasteiger partial charge in [0.15, 0.2) is 0 Å². The Labute approximate surface area is 124 Å². The van der Waals surface area contributed by atoms with Crippen molar-refractivity contribution >= 4 is 38.4 Å². The van der Waals surface area contributed by atoms with Gasteiger partial charge in [-0.05, 0) is 38.1 Å². The first kappa shape index (κ1) is 14.5. The van der Waals surface area contributed by atoms with Crippen LogP contribution in [0, 0.1) is 0 Å². The molecule has 1 atom stereocenters. The number of nitrogens with zero attached hydrogens (tertiary/aromatic N) is 1. The lowest BCUT2D eigenvalue weighted by Gasteiger charge is -2.37. The number of amides is 2. The second-order valence-electron chi connectivity index (χ2n) is 5.17. The molecule has 1 aliphatic heterocycles. The van der Waals surface area contributed by atoms with Crippen LogP contribution in [0.3, 0.4) is 0 Å². The highest BCUT2D eigenvalue weighted by atomic mass is 79.9. The van der Waals surface area contributed by atoms with Gasteiger partial charge in [0, 0.05) is 39.8 Å². The summed E-state index contributed by atoms with van der Waals surface area (Å²) in [5, 5.41) is 2.86. The van der Waals surface area contributed by atoms with Gasteiger partial charge in [-0.1, -0.05) is 15.9 Å². The molecule has 0 saturated carbocycles. The van der Waals surface area contributed by atoms with Gasteiger partial charge in [0.05, 0.1) is 4.75 Å². The maximum Gasteiger partial charge on any atom is 0.321 e. The highest BCUT2D eigenvalue weighted by Crippen LogP contribution is 2.21. The summed E-state index contributed by atoms with van der Waals surface area (Å²) in [4.78, 5) is 13.9. The number of hydrogen-bond donors (Lipinski definition) is 1. The molecule has 1 heterocycles. The minimum Gasteiger partial charge on any atom is -0.322 e. The van der Waals surface area contributed by atoms with E-state index in [1.807, 2.05) is 38.1 Å². The molecule has 0 unspecified atom stereocenters. The fourth-order valence-electron chi connectivity index (χ4n) is 1.99. The first-order chi connectivity index (χ1) is 8.88. The Bertz CT molecular complexity index is 502. The van der Waals surface area contributed by atoms with Gasteiger partial charge in [-0.3, -0.25) is 4.21 Å². The zero-order valence-electron chi connectivity index (χ0n) is 11.0. The van der Waals surface area contributed by atoms with E-state index in [1.165, 1.54) is 0 Å². The minimum atomic E-state index is -0.865. The van der Waals surface area contributed by atoms with Crippen LogP contribution in [0.4, 0.5) is 10.5 Å². The molecule has 1 fully saturated rings. The number of hydrogen-bond acceptors (Lipinski definition) is 2. The number of nitrogens with one attached hydrogen (secondary N) is 1. The average molecular weight is 345 g/mol. The van der Waals surface area contributed by atoms with E-state index in [0.717, 1.165) is 10.2 Å². The Balaban J connectivity index is 2.01. The first-order valence-corrected chi connectivity index (χ1v) is 8.20. The normalized spacial score (nSPS) is 22.1. The lowest BCUT2D eigenvalue weighted by molar-refractivity contribution is 0.207. The number of urea groups is 1. The van der Waals surface area contributed by atoms with Gasteiger partial charge >= 0.3 is 6.03 Å². The summed E-state index contributed by atoms with van der Waals surface area (Å²) < 4.78 is 12.5. The van der Waals surface area contributed by atoms with Crippen molar-refractivity contribution in [1.29, 1.82) is 0 Å². The smallest absolute Gasteiger partial charge is 0.321 e. The molecule has 2 amide bonds. The standard InChI is InChI=1S/C13H17BrN2O2S/c1-13(2)9-16(7-8-19(13)18)12(17)15-11-5-3-10(14)4-6-11/h3-6H,7-9H2,1-2H3,(H,15,17)/t19-/m0/s1. The molecule has 1 N–H and O–H groups in total. The van der Waals surface area contributed by atoms with Crippen LogP contribution in [-0.4, -0.2) is 38.7 Å². The monoisotopic (exact) mass is 344 g/mol. The van der Waals surface area contributed by atoms with E-state index in [-0.39, 0.29) is 10.8 Å². The average Bonchev–Trinajstić information content (AvgIpc) is 2.35. The Kier molecular flexibility index (Phi) is 4.30. The first-order valence-electron chi connectivity index (χ1n) is 6.08. The number of benzene rings is 1. The molecule has 1 aromatic carbocycles. The molecule has 0 aromatic heterocycles. The third kappa shape index (κ3) is 3.57. The maximum atomic E-state index is 12.2. The quantitative estimate of drug-likeness (QED) is 0.851. The Morgan fingerprint density at radius 1 is 1.37 bits per heavy atom. The van der Waals surface area contributed by atoms with E-state index in [1.54, 1.807) is 4.90 Å². The van der Waals surface area contributed by atoms with E-state index in [2.05, 4.69) is 21.2 Å². The van der Waals surface area contributed by atoms with Crippen LogP contribution < -0.4 is 5.32 Å². The number of carbonyl (C=O) groups excluding carboxylic acids is 1. The van der Waals surface area contributed by atoms with Crippen LogP contribution in [-0.2, 0) is 10.8 Å². The van der Waals surface area contributed by atoms with E-state index >= 15 is 0 Å². The van der Waals surface area contributed by atoms with Crippen molar-refractivity contribution in [2.45, 2.75) is 18.6 Å². The van der Waals surface area contributed by atoms with Crippen LogP contribution in [0.15, 0.2) is 28.7 Å². The van der Waals surface area contributed by atoms with E-state index < -0.39 is 10.8 Å². The molecule has 2 rings (SSSR count). The van der Waals surface area contributed by atoms with Gasteiger partial charge in [-0.15, -0.1) is 0 Å². The molecule has 0 spiro atoms. The fraction of sp³-hybridized carbons (Fsp3) is 0.462. The zero-order valence-corrected chi connectivity index (χ0v) is 13.4. The van der Waals surface area contributed by atoms with Crippen molar-refractivity contribution in [3.05, 3.63) is 28.7 Å². The fourth-order valence-corrected chi connectivity index (χ4v) is 3.49. The van der Waals surface area contributed by atoms with Crippen molar-refractivity contribution < 1.29 is 9.00 Å². The van der Waals surface area contributed by atoms with Crippen molar-refractivity contribution in [2.24, 2.45) is 0 Å². The molecular weight excluding hydrogens is 328 g/mol. The SMILES string of the molecule is CC1(C)CN(C(=O)Nc2ccc(Br)cc2)CC[S@@]1=O. The van der Waals surface area contributed by atoms with Crippen LogP contribution >= 0.6 is 15.9 Å². The molecule has 1 saturated heterocycles. The molecule has 4 nitrogen and oxygen atoms in total.